The molecule has 4 unspecified atom stereocenters. The molecule has 30 nitrogen and oxygen atoms in total. The quantitative estimate of drug-likeness (QED) is 0.0432. The molecule has 4 aromatic heterocycles. The molecule has 2 saturated heterocycles. The van der Waals surface area contributed by atoms with Crippen LogP contribution in [0, 0.1) is 39.3 Å². The van der Waals surface area contributed by atoms with Crippen molar-refractivity contribution in [3.8, 4) is 84.0 Å². The molecule has 129 heavy (non-hydrogen) atoms. The highest BCUT2D eigenvalue weighted by Gasteiger charge is 2.29. The van der Waals surface area contributed by atoms with Crippen LogP contribution in [0.2, 0.25) is 0 Å². The van der Waals surface area contributed by atoms with Crippen molar-refractivity contribution in [1.29, 1.82) is 0 Å². The number of nitrogens with one attached hydrogen (secondary N) is 4. The maximum absolute atomic E-state index is 14.4. The van der Waals surface area contributed by atoms with Crippen LogP contribution in [0.4, 0.5) is 8.78 Å². The predicted molar refractivity (Wildman–Crippen MR) is 486 cm³/mol. The van der Waals surface area contributed by atoms with Crippen LogP contribution in [0.1, 0.15) is 73.4 Å². The maximum atomic E-state index is 14.4. The van der Waals surface area contributed by atoms with Crippen LogP contribution in [-0.4, -0.2) is 168 Å². The molecule has 0 saturated carbocycles. The van der Waals surface area contributed by atoms with E-state index in [0.29, 0.717) is 97.9 Å². The highest BCUT2D eigenvalue weighted by molar-refractivity contribution is 7.94. The Kier molecular flexibility index (Phi) is 27.9. The summed E-state index contributed by atoms with van der Waals surface area (Å²) in [5.41, 5.74) is 17.0. The molecule has 18 rings (SSSR count). The number of halogens is 2. The fourth-order valence-corrected chi connectivity index (χ4v) is 18.8. The minimum Gasteiger partial charge on any atom is -0.494 e. The standard InChI is InChI=1S/C31H31N3O6S2.C27H23N3O3S.C17H15FN4O4S.C17H15FN4O3S/c1-21-14-28(39-12-5-13-42(3,37)38)15-22(2)31(21)25-7-4-6-23(16-25)20-40-27-10-8-24(9-11-27)26-18-32-34(19-26)30-17-29(35)33-41(30)36;1-18-5-3-6-19(2)27(18)22-8-4-7-20(13-22)17-33-24-11-9-21(10-12-24)23-15-28-30(16-23)26-14-25(31)29-34(26)32;18-14-2-1-11(17(24)21-3-5-26-6-4-21)7-13(14)12-9-19-22(10-12)16-8-15(23)20-27(16)25;18-14-4-3-11(17(24)21-5-1-2-6-21)7-13(14)12-9-19-22(10-12)16-8-15(23)20-26(16)25/h4,6-11,14-19H,5,12-13,20H2,1-3H3,(H,33,35);3-16H,17H2,1-2H3,(H,29,31);1-2,7-10H,3-6H2,(H,20,23);3-4,7-10H,1-2,5-6H2,(H,20,23). The SMILES string of the molecule is Cc1cc(OCCCS(C)(=O)=O)cc(C)c1-c1cccc(COc2ccc(-c3cnn(C4=CC(=O)NS4=O)c3)cc2)c1.Cc1cccc(C)c1-c1cccc(COc2ccc(-c3cnn(C4=CC(=O)NS4=O)c3)cc2)c1.O=C1C=C(n2cc(-c3cc(C(=O)N4CCCC4)ccc3F)cn2)S(=O)N1.O=C1C=C(n2cc(-c3cc(C(=O)N4CCOCC4)ccc3F)cn2)S(=O)N1. The molecule has 4 N–H and O–H groups in total. The Morgan fingerprint density at radius 3 is 1.16 bits per heavy atom. The van der Waals surface area contributed by atoms with Gasteiger partial charge in [0.1, 0.15) is 51.9 Å². The Bertz CT molecular complexity index is 6700. The second-order valence-corrected chi connectivity index (χ2v) is 37.3. The molecule has 4 atom stereocenters. The Balaban J connectivity index is 0.000000134. The van der Waals surface area contributed by atoms with Gasteiger partial charge in [-0.25, -0.2) is 52.8 Å². The lowest BCUT2D eigenvalue weighted by atomic mass is 9.94. The lowest BCUT2D eigenvalue weighted by molar-refractivity contribution is -0.115. The van der Waals surface area contributed by atoms with Gasteiger partial charge in [-0.3, -0.25) is 47.7 Å². The van der Waals surface area contributed by atoms with E-state index in [2.05, 4.69) is 108 Å². The van der Waals surface area contributed by atoms with Gasteiger partial charge in [0, 0.05) is 126 Å². The van der Waals surface area contributed by atoms with E-state index in [-0.39, 0.29) is 44.7 Å². The third-order valence-electron chi connectivity index (χ3n) is 21.1. The number of carbonyl (C=O) groups is 6. The van der Waals surface area contributed by atoms with E-state index >= 15 is 0 Å². The van der Waals surface area contributed by atoms with Crippen LogP contribution in [0.3, 0.4) is 0 Å². The van der Waals surface area contributed by atoms with Crippen molar-refractivity contribution in [1.82, 2.24) is 67.8 Å². The van der Waals surface area contributed by atoms with Gasteiger partial charge >= 0.3 is 0 Å². The van der Waals surface area contributed by atoms with Gasteiger partial charge in [0.05, 0.1) is 50.4 Å². The molecule has 6 aliphatic heterocycles. The van der Waals surface area contributed by atoms with E-state index < -0.39 is 83.1 Å². The number of nitrogens with zero attached hydrogens (tertiary/aromatic N) is 10. The molecular weight excluding hydrogens is 1760 g/mol. The van der Waals surface area contributed by atoms with Crippen LogP contribution in [0.5, 0.6) is 17.2 Å². The zero-order chi connectivity index (χ0) is 90.7. The van der Waals surface area contributed by atoms with E-state index in [1.54, 1.807) is 34.6 Å². The summed E-state index contributed by atoms with van der Waals surface area (Å²) < 4.78 is 137. The number of hydrogen-bond acceptors (Lipinski definition) is 20. The van der Waals surface area contributed by atoms with E-state index in [1.165, 1.54) is 133 Å². The van der Waals surface area contributed by atoms with Crippen LogP contribution in [-0.2, 0) is 90.9 Å². The third kappa shape index (κ3) is 22.1. The molecular formula is C92H84F2N14O16S5. The van der Waals surface area contributed by atoms with Crippen molar-refractivity contribution in [2.45, 2.75) is 60.2 Å². The maximum Gasteiger partial charge on any atom is 0.258 e. The summed E-state index contributed by atoms with van der Waals surface area (Å²) in [7, 11) is -9.60. The summed E-state index contributed by atoms with van der Waals surface area (Å²) in [6.07, 6.45) is 21.1. The fourth-order valence-electron chi connectivity index (χ4n) is 14.8. The molecule has 0 aliphatic carbocycles. The Labute approximate surface area is 750 Å². The predicted octanol–water partition coefficient (Wildman–Crippen LogP) is 12.1. The lowest BCUT2D eigenvalue weighted by Gasteiger charge is -2.27. The number of carbonyl (C=O) groups excluding carboxylic acids is 6. The number of rotatable bonds is 23. The number of sulfone groups is 1. The Hall–Kier alpha value is -13.9. The van der Waals surface area contributed by atoms with Gasteiger partial charge in [0.15, 0.2) is 64.1 Å². The summed E-state index contributed by atoms with van der Waals surface area (Å²) >= 11 is 0. The molecule has 2 fully saturated rings. The van der Waals surface area contributed by atoms with Crippen LogP contribution in [0.25, 0.3) is 86.9 Å². The van der Waals surface area contributed by atoms with Gasteiger partial charge in [-0.1, -0.05) is 78.9 Å². The van der Waals surface area contributed by atoms with Crippen LogP contribution in [0.15, 0.2) is 238 Å². The number of aryl methyl sites for hydroxylation is 4. The molecule has 6 amide bonds. The summed E-state index contributed by atoms with van der Waals surface area (Å²) in [5.74, 6) is -0.724. The van der Waals surface area contributed by atoms with Crippen molar-refractivity contribution in [2.24, 2.45) is 0 Å². The minimum absolute atomic E-state index is 0.110. The first-order valence-electron chi connectivity index (χ1n) is 40.4. The van der Waals surface area contributed by atoms with Gasteiger partial charge in [-0.15, -0.1) is 0 Å². The third-order valence-corrected chi connectivity index (χ3v) is 26.4. The first-order valence-corrected chi connectivity index (χ1v) is 47.1. The average Bonchev–Trinajstić information content (AvgIpc) is 1.77. The zero-order valence-electron chi connectivity index (χ0n) is 70.0. The lowest BCUT2D eigenvalue weighted by Crippen LogP contribution is -2.40. The molecule has 0 bridgehead atoms. The molecule has 12 aromatic rings. The Morgan fingerprint density at radius 2 is 0.783 bits per heavy atom. The number of likely N-dealkylation sites (tertiary alicyclic amines) is 1. The zero-order valence-corrected chi connectivity index (χ0v) is 74.1. The van der Waals surface area contributed by atoms with Gasteiger partial charge in [0.25, 0.3) is 35.4 Å². The van der Waals surface area contributed by atoms with E-state index in [1.807, 2.05) is 86.6 Å². The summed E-state index contributed by atoms with van der Waals surface area (Å²) in [6.45, 7) is 12.9. The number of amides is 6. The normalized spacial score (nSPS) is 16.9. The van der Waals surface area contributed by atoms with Gasteiger partial charge in [-0.2, -0.15) is 20.4 Å². The van der Waals surface area contributed by atoms with Crippen LogP contribution >= 0.6 is 0 Å². The smallest absolute Gasteiger partial charge is 0.258 e. The number of morpholine rings is 1. The van der Waals surface area contributed by atoms with E-state index in [0.717, 1.165) is 85.7 Å². The van der Waals surface area contributed by atoms with Crippen molar-refractivity contribution < 1.29 is 81.7 Å². The fraction of sp³-hybridized carbons (Fsp3) is 0.196. The number of hydrogen-bond donors (Lipinski definition) is 4. The molecule has 10 heterocycles. The van der Waals surface area contributed by atoms with Gasteiger partial charge in [-0.05, 0) is 199 Å². The topological polar surface area (TPSA) is 368 Å². The molecule has 662 valence electrons. The minimum atomic E-state index is -3.00. The number of aromatic nitrogens is 8. The summed E-state index contributed by atoms with van der Waals surface area (Å²) in [6, 6.07) is 50.7. The molecule has 6 aliphatic rings. The largest absolute Gasteiger partial charge is 0.494 e. The highest BCUT2D eigenvalue weighted by Crippen LogP contribution is 2.36. The number of ether oxygens (including phenoxy) is 4. The Morgan fingerprint density at radius 1 is 0.419 bits per heavy atom. The second-order valence-electron chi connectivity index (χ2n) is 30.4. The van der Waals surface area contributed by atoms with Crippen molar-refractivity contribution in [3.63, 3.8) is 0 Å². The van der Waals surface area contributed by atoms with Gasteiger partial charge in [0.2, 0.25) is 0 Å². The second kappa shape index (κ2) is 40.0. The summed E-state index contributed by atoms with van der Waals surface area (Å²) in [4.78, 5) is 74.0. The monoisotopic (exact) mass is 1840 g/mol. The molecule has 8 aromatic carbocycles. The van der Waals surface area contributed by atoms with E-state index in [9.17, 15) is 62.8 Å². The number of benzene rings is 8. The van der Waals surface area contributed by atoms with Crippen molar-refractivity contribution in [2.75, 3.05) is 58.0 Å². The van der Waals surface area contributed by atoms with Crippen molar-refractivity contribution in [3.05, 3.63) is 294 Å². The average molecular weight is 1840 g/mol. The van der Waals surface area contributed by atoms with Crippen LogP contribution < -0.4 is 33.1 Å². The van der Waals surface area contributed by atoms with Crippen molar-refractivity contribution >= 4 is 109 Å². The first kappa shape index (κ1) is 90.0. The molecule has 37 heteroatoms. The molecule has 0 radical (unpaired) electrons. The van der Waals surface area contributed by atoms with Gasteiger partial charge < -0.3 is 28.7 Å². The first-order chi connectivity index (χ1) is 62.1. The highest BCUT2D eigenvalue weighted by atomic mass is 32.2. The summed E-state index contributed by atoms with van der Waals surface area (Å²) in [5, 5.41) is 17.5. The molecule has 0 spiro atoms. The van der Waals surface area contributed by atoms with E-state index in [4.69, 9.17) is 18.9 Å².